The summed E-state index contributed by atoms with van der Waals surface area (Å²) in [7, 11) is 0. The molecule has 2 amide bonds. The van der Waals surface area contributed by atoms with Crippen LogP contribution >= 0.6 is 0 Å². The van der Waals surface area contributed by atoms with Gasteiger partial charge < -0.3 is 24.2 Å². The summed E-state index contributed by atoms with van der Waals surface area (Å²) in [6.07, 6.45) is 0.908. The third kappa shape index (κ3) is 6.09. The van der Waals surface area contributed by atoms with Crippen molar-refractivity contribution >= 4 is 18.2 Å². The second kappa shape index (κ2) is 12.2. The van der Waals surface area contributed by atoms with Gasteiger partial charge in [-0.05, 0) is 88.5 Å². The molecule has 1 saturated heterocycles. The number of likely N-dealkylation sites (tertiary alicyclic amines) is 1. The molecule has 1 heterocycles. The Bertz CT molecular complexity index is 1290. The Kier molecular flexibility index (Phi) is 8.75. The molecular weight excluding hydrogens is 548 g/mol. The fourth-order valence-corrected chi connectivity index (χ4v) is 6.93. The number of carbonyl (C=O) groups excluding carboxylic acids is 2. The summed E-state index contributed by atoms with van der Waals surface area (Å²) in [6.45, 7) is 10.4. The summed E-state index contributed by atoms with van der Waals surface area (Å²) in [6, 6.07) is 15.9. The Morgan fingerprint density at radius 1 is 0.930 bits per heavy atom. The molecule has 2 aromatic carbocycles. The van der Waals surface area contributed by atoms with E-state index >= 15 is 0 Å². The molecule has 1 N–H and O–H groups in total. The Hall–Kier alpha value is -3.59. The van der Waals surface area contributed by atoms with Gasteiger partial charge in [-0.25, -0.2) is 14.4 Å². The number of carbonyl (C=O) groups is 3. The van der Waals surface area contributed by atoms with E-state index in [0.29, 0.717) is 45.4 Å². The molecule has 1 aliphatic heterocycles. The lowest BCUT2D eigenvalue weighted by atomic mass is 9.74. The topological polar surface area (TPSA) is 106 Å². The highest BCUT2D eigenvalue weighted by Crippen LogP contribution is 2.45. The number of nitrogens with zero attached hydrogens (tertiary/aromatic N) is 2. The van der Waals surface area contributed by atoms with E-state index in [1.54, 1.807) is 11.8 Å². The zero-order valence-electron chi connectivity index (χ0n) is 25.9. The lowest BCUT2D eigenvalue weighted by molar-refractivity contribution is -0.162. The minimum absolute atomic E-state index is 0.0223. The van der Waals surface area contributed by atoms with Crippen LogP contribution in [0.15, 0.2) is 48.5 Å². The van der Waals surface area contributed by atoms with Crippen molar-refractivity contribution in [1.29, 1.82) is 0 Å². The van der Waals surface area contributed by atoms with Crippen LogP contribution in [0.25, 0.3) is 11.1 Å². The van der Waals surface area contributed by atoms with E-state index in [0.717, 1.165) is 22.3 Å². The van der Waals surface area contributed by atoms with E-state index in [2.05, 4.69) is 24.3 Å². The molecule has 1 unspecified atom stereocenters. The number of aliphatic carboxylic acids is 1. The highest BCUT2D eigenvalue weighted by Gasteiger charge is 2.55. The number of amides is 2. The highest BCUT2D eigenvalue weighted by molar-refractivity contribution is 5.85. The lowest BCUT2D eigenvalue weighted by Crippen LogP contribution is -2.67. The van der Waals surface area contributed by atoms with Gasteiger partial charge in [0.2, 0.25) is 0 Å². The van der Waals surface area contributed by atoms with Gasteiger partial charge in [-0.2, -0.15) is 0 Å². The summed E-state index contributed by atoms with van der Waals surface area (Å²) in [4.78, 5) is 43.0. The Balaban J connectivity index is 1.36. The zero-order chi connectivity index (χ0) is 30.9. The number of hydrogen-bond acceptors (Lipinski definition) is 6. The standard InChI is InChI=1S/C34H44N2O7/c1-6-41-24-19-23(20-24)36(34(5,30(37)38)22-15-17-35(18-16-22)31(39)43-33(2,3)4)32(40)42-21-29-27-13-9-7-11-25(27)26-12-8-10-14-28(26)29/h7-14,22-24,29H,6,15-21H2,1-5H3,(H,37,38). The van der Waals surface area contributed by atoms with Crippen molar-refractivity contribution in [2.75, 3.05) is 26.3 Å². The molecule has 232 valence electrons. The van der Waals surface area contributed by atoms with Crippen molar-refractivity contribution in [2.24, 2.45) is 5.92 Å². The van der Waals surface area contributed by atoms with Crippen molar-refractivity contribution in [2.45, 2.75) is 89.5 Å². The van der Waals surface area contributed by atoms with Gasteiger partial charge in [0, 0.05) is 31.7 Å². The summed E-state index contributed by atoms with van der Waals surface area (Å²) >= 11 is 0. The van der Waals surface area contributed by atoms with Crippen LogP contribution in [0.2, 0.25) is 0 Å². The van der Waals surface area contributed by atoms with E-state index in [-0.39, 0.29) is 30.6 Å². The normalized spacial score (nSPS) is 21.7. The molecule has 5 rings (SSSR count). The predicted molar refractivity (Wildman–Crippen MR) is 162 cm³/mol. The van der Waals surface area contributed by atoms with Crippen molar-refractivity contribution < 1.29 is 33.7 Å². The fraction of sp³-hybridized carbons (Fsp3) is 0.559. The van der Waals surface area contributed by atoms with Gasteiger partial charge in [-0.3, -0.25) is 4.90 Å². The SMILES string of the molecule is CCOC1CC(N(C(=O)OCC2c3ccccc3-c3ccccc32)C(C)(C(=O)O)C2CCN(C(=O)OC(C)(C)C)CC2)C1. The first-order valence-electron chi connectivity index (χ1n) is 15.4. The van der Waals surface area contributed by atoms with Crippen LogP contribution in [0, 0.1) is 5.92 Å². The zero-order valence-corrected chi connectivity index (χ0v) is 25.9. The first-order valence-corrected chi connectivity index (χ1v) is 15.4. The minimum atomic E-state index is -1.52. The molecule has 43 heavy (non-hydrogen) atoms. The molecule has 2 fully saturated rings. The first kappa shape index (κ1) is 30.9. The molecule has 1 atom stereocenters. The molecule has 0 bridgehead atoms. The Labute approximate surface area is 254 Å². The number of piperidine rings is 1. The third-order valence-corrected chi connectivity index (χ3v) is 9.25. The quantitative estimate of drug-likeness (QED) is 0.384. The molecule has 2 aliphatic carbocycles. The average Bonchev–Trinajstić information content (AvgIpc) is 3.27. The average molecular weight is 593 g/mol. The molecule has 2 aromatic rings. The molecule has 0 spiro atoms. The van der Waals surface area contributed by atoms with Crippen LogP contribution in [0.1, 0.15) is 77.3 Å². The van der Waals surface area contributed by atoms with E-state index in [1.807, 2.05) is 52.0 Å². The molecule has 1 saturated carbocycles. The highest BCUT2D eigenvalue weighted by atomic mass is 16.6. The number of benzene rings is 2. The number of carboxylic acids is 1. The second-order valence-corrected chi connectivity index (χ2v) is 13.1. The van der Waals surface area contributed by atoms with Crippen LogP contribution in [-0.2, 0) is 19.0 Å². The molecule has 9 heteroatoms. The lowest BCUT2D eigenvalue weighted by Gasteiger charge is -2.52. The summed E-state index contributed by atoms with van der Waals surface area (Å²) in [5, 5.41) is 10.7. The second-order valence-electron chi connectivity index (χ2n) is 13.1. The van der Waals surface area contributed by atoms with Crippen molar-refractivity contribution in [3.8, 4) is 11.1 Å². The molecule has 9 nitrogen and oxygen atoms in total. The van der Waals surface area contributed by atoms with Gasteiger partial charge >= 0.3 is 18.2 Å². The number of carboxylic acid groups (broad SMARTS) is 1. The van der Waals surface area contributed by atoms with Gasteiger partial charge in [-0.1, -0.05) is 48.5 Å². The number of ether oxygens (including phenoxy) is 3. The third-order valence-electron chi connectivity index (χ3n) is 9.25. The van der Waals surface area contributed by atoms with E-state index < -0.39 is 29.3 Å². The number of fused-ring (bicyclic) bond motifs is 3. The minimum Gasteiger partial charge on any atom is -0.479 e. The van der Waals surface area contributed by atoms with Crippen LogP contribution in [-0.4, -0.2) is 82.7 Å². The Morgan fingerprint density at radius 3 is 2.00 bits per heavy atom. The van der Waals surface area contributed by atoms with Crippen molar-refractivity contribution in [3.05, 3.63) is 59.7 Å². The van der Waals surface area contributed by atoms with E-state index in [9.17, 15) is 19.5 Å². The first-order chi connectivity index (χ1) is 20.4. The molecular formula is C34H44N2O7. The van der Waals surface area contributed by atoms with Crippen LogP contribution in [0.3, 0.4) is 0 Å². The van der Waals surface area contributed by atoms with Gasteiger partial charge in [-0.15, -0.1) is 0 Å². The van der Waals surface area contributed by atoms with Crippen molar-refractivity contribution in [3.63, 3.8) is 0 Å². The number of hydrogen-bond donors (Lipinski definition) is 1. The van der Waals surface area contributed by atoms with Gasteiger partial charge in [0.25, 0.3) is 0 Å². The maximum absolute atomic E-state index is 14.1. The fourth-order valence-electron chi connectivity index (χ4n) is 6.93. The van der Waals surface area contributed by atoms with Gasteiger partial charge in [0.15, 0.2) is 0 Å². The molecule has 0 aromatic heterocycles. The maximum Gasteiger partial charge on any atom is 0.411 e. The maximum atomic E-state index is 14.1. The van der Waals surface area contributed by atoms with E-state index in [1.165, 1.54) is 4.90 Å². The van der Waals surface area contributed by atoms with Crippen LogP contribution in [0.5, 0.6) is 0 Å². The summed E-state index contributed by atoms with van der Waals surface area (Å²) in [5.41, 5.74) is 2.30. The van der Waals surface area contributed by atoms with Crippen molar-refractivity contribution in [1.82, 2.24) is 9.80 Å². The smallest absolute Gasteiger partial charge is 0.411 e. The van der Waals surface area contributed by atoms with Crippen LogP contribution in [0.4, 0.5) is 9.59 Å². The van der Waals surface area contributed by atoms with Gasteiger partial charge in [0.1, 0.15) is 17.7 Å². The molecule has 3 aliphatic rings. The largest absolute Gasteiger partial charge is 0.479 e. The van der Waals surface area contributed by atoms with Gasteiger partial charge in [0.05, 0.1) is 6.10 Å². The Morgan fingerprint density at radius 2 is 1.49 bits per heavy atom. The predicted octanol–water partition coefficient (Wildman–Crippen LogP) is 6.30. The number of rotatable bonds is 8. The summed E-state index contributed by atoms with van der Waals surface area (Å²) in [5.74, 6) is -1.59. The van der Waals surface area contributed by atoms with E-state index in [4.69, 9.17) is 14.2 Å². The monoisotopic (exact) mass is 592 g/mol. The van der Waals surface area contributed by atoms with Crippen LogP contribution < -0.4 is 0 Å². The summed E-state index contributed by atoms with van der Waals surface area (Å²) < 4.78 is 17.4. The molecule has 0 radical (unpaired) electrons.